The molecule has 0 aliphatic heterocycles. The molecule has 5 N–H and O–H groups in total. The van der Waals surface area contributed by atoms with Crippen molar-refractivity contribution in [2.75, 3.05) is 5.75 Å². The fraction of sp³-hybridized carbons (Fsp3) is 0.750. The molecule has 0 saturated heterocycles. The van der Waals surface area contributed by atoms with Crippen molar-refractivity contribution in [2.24, 2.45) is 15.9 Å². The molecular formula is C8H14F3N3O4S. The normalized spacial score (nSPS) is 16.5. The Hall–Kier alpha value is -1.20. The molecule has 0 aliphatic rings. The number of hydrogen-bond donors (Lipinski definition) is 3. The van der Waals surface area contributed by atoms with Crippen molar-refractivity contribution in [3.05, 3.63) is 0 Å². The van der Waals surface area contributed by atoms with Crippen molar-refractivity contribution in [3.63, 3.8) is 0 Å². The number of carboxylic acid groups (broad SMARTS) is 1. The van der Waals surface area contributed by atoms with Crippen LogP contribution in [0.2, 0.25) is 0 Å². The molecule has 0 heterocycles. The van der Waals surface area contributed by atoms with Crippen LogP contribution in [0, 0.1) is 0 Å². The summed E-state index contributed by atoms with van der Waals surface area (Å²) in [7, 11) is -4.12. The molecule has 19 heavy (non-hydrogen) atoms. The third-order valence-electron chi connectivity index (χ3n) is 2.02. The number of halogens is 3. The van der Waals surface area contributed by atoms with Crippen LogP contribution in [0.4, 0.5) is 13.2 Å². The number of nitrogens with two attached hydrogens (primary N) is 2. The van der Waals surface area contributed by atoms with Crippen LogP contribution >= 0.6 is 0 Å². The van der Waals surface area contributed by atoms with E-state index in [9.17, 15) is 26.4 Å². The first-order valence-corrected chi connectivity index (χ1v) is 6.64. The van der Waals surface area contributed by atoms with Crippen molar-refractivity contribution >= 4 is 22.2 Å². The van der Waals surface area contributed by atoms with E-state index in [-0.39, 0.29) is 6.42 Å². The van der Waals surface area contributed by atoms with Crippen LogP contribution in [0.5, 0.6) is 0 Å². The third kappa shape index (κ3) is 7.74. The number of carbonyl (C=O) groups is 1. The van der Waals surface area contributed by atoms with E-state index in [1.807, 2.05) is 0 Å². The second kappa shape index (κ2) is 6.82. The highest BCUT2D eigenvalue weighted by Crippen LogP contribution is 2.21. The number of aliphatic carboxylic acids is 1. The standard InChI is InChI=1S/C8H14F3N3O4S/c9-8(10,11)6(13)2-4-19(17,18)14-3-1-5(12)7(15)16/h3,5-6H,1-2,4,12-13H2,(H,15,16)/t5-,6?/m0/s1. The van der Waals surface area contributed by atoms with Crippen molar-refractivity contribution < 1.29 is 31.5 Å². The summed E-state index contributed by atoms with van der Waals surface area (Å²) in [6.45, 7) is 0. The van der Waals surface area contributed by atoms with Crippen LogP contribution < -0.4 is 11.5 Å². The molecular weight excluding hydrogens is 291 g/mol. The van der Waals surface area contributed by atoms with E-state index >= 15 is 0 Å². The molecule has 0 fully saturated rings. The number of alkyl halides is 3. The van der Waals surface area contributed by atoms with Gasteiger partial charge in [-0.3, -0.25) is 4.79 Å². The molecule has 112 valence electrons. The monoisotopic (exact) mass is 305 g/mol. The van der Waals surface area contributed by atoms with Crippen LogP contribution in [0.3, 0.4) is 0 Å². The highest BCUT2D eigenvalue weighted by atomic mass is 32.2. The van der Waals surface area contributed by atoms with Crippen LogP contribution in [0.1, 0.15) is 12.8 Å². The average Bonchev–Trinajstić information content (AvgIpc) is 2.24. The molecule has 11 heteroatoms. The molecule has 0 amide bonds. The molecule has 0 aromatic heterocycles. The summed E-state index contributed by atoms with van der Waals surface area (Å²) in [6.07, 6.45) is -5.10. The highest BCUT2D eigenvalue weighted by Gasteiger charge is 2.37. The van der Waals surface area contributed by atoms with E-state index in [2.05, 4.69) is 4.40 Å². The Morgan fingerprint density at radius 2 is 1.89 bits per heavy atom. The van der Waals surface area contributed by atoms with Crippen LogP contribution in [-0.2, 0) is 14.8 Å². The van der Waals surface area contributed by atoms with E-state index in [1.165, 1.54) is 0 Å². The predicted octanol–water partition coefficient (Wildman–Crippen LogP) is -0.531. The zero-order valence-corrected chi connectivity index (χ0v) is 10.5. The first-order valence-electron chi connectivity index (χ1n) is 5.03. The minimum absolute atomic E-state index is 0.347. The van der Waals surface area contributed by atoms with Gasteiger partial charge < -0.3 is 16.6 Å². The molecule has 0 radical (unpaired) electrons. The van der Waals surface area contributed by atoms with Crippen molar-refractivity contribution in [1.82, 2.24) is 0 Å². The van der Waals surface area contributed by atoms with Gasteiger partial charge in [-0.1, -0.05) is 0 Å². The maximum Gasteiger partial charge on any atom is 0.403 e. The SMILES string of the molecule is NC(CCS(=O)(=O)N=CC[C@H](N)C(=O)O)C(F)(F)F. The summed E-state index contributed by atoms with van der Waals surface area (Å²) in [5, 5.41) is 8.40. The zero-order chi connectivity index (χ0) is 15.3. The molecule has 0 bridgehead atoms. The van der Waals surface area contributed by atoms with Gasteiger partial charge in [0.05, 0.1) is 5.75 Å². The Morgan fingerprint density at radius 1 is 1.37 bits per heavy atom. The van der Waals surface area contributed by atoms with Gasteiger partial charge in [-0.15, -0.1) is 0 Å². The molecule has 7 nitrogen and oxygen atoms in total. The first-order chi connectivity index (χ1) is 8.46. The predicted molar refractivity (Wildman–Crippen MR) is 61.2 cm³/mol. The van der Waals surface area contributed by atoms with Gasteiger partial charge in [0.25, 0.3) is 10.0 Å². The molecule has 0 aromatic rings. The van der Waals surface area contributed by atoms with Gasteiger partial charge in [0.2, 0.25) is 0 Å². The minimum atomic E-state index is -4.68. The largest absolute Gasteiger partial charge is 0.480 e. The fourth-order valence-electron chi connectivity index (χ4n) is 0.863. The number of rotatable bonds is 7. The fourth-order valence-corrected chi connectivity index (χ4v) is 1.83. The summed E-state index contributed by atoms with van der Waals surface area (Å²) in [5.41, 5.74) is 9.81. The summed E-state index contributed by atoms with van der Waals surface area (Å²) >= 11 is 0. The van der Waals surface area contributed by atoms with Gasteiger partial charge in [0.15, 0.2) is 0 Å². The zero-order valence-electron chi connectivity index (χ0n) is 9.67. The van der Waals surface area contributed by atoms with E-state index in [1.54, 1.807) is 0 Å². The van der Waals surface area contributed by atoms with E-state index in [0.29, 0.717) is 0 Å². The molecule has 0 spiro atoms. The molecule has 0 aliphatic carbocycles. The highest BCUT2D eigenvalue weighted by molar-refractivity contribution is 7.90. The number of hydrogen-bond acceptors (Lipinski definition) is 5. The number of carboxylic acids is 1. The minimum Gasteiger partial charge on any atom is -0.480 e. The van der Waals surface area contributed by atoms with Gasteiger partial charge in [-0.25, -0.2) is 8.42 Å². The van der Waals surface area contributed by atoms with Gasteiger partial charge >= 0.3 is 12.1 Å². The van der Waals surface area contributed by atoms with E-state index in [0.717, 1.165) is 6.21 Å². The third-order valence-corrected chi connectivity index (χ3v) is 3.24. The lowest BCUT2D eigenvalue weighted by Crippen LogP contribution is -2.38. The van der Waals surface area contributed by atoms with Crippen molar-refractivity contribution in [3.8, 4) is 0 Å². The summed E-state index contributed by atoms with van der Waals surface area (Å²) in [6, 6.07) is -3.57. The smallest absolute Gasteiger partial charge is 0.403 e. The van der Waals surface area contributed by atoms with Crippen molar-refractivity contribution in [2.45, 2.75) is 31.1 Å². The van der Waals surface area contributed by atoms with Crippen LogP contribution in [0.25, 0.3) is 0 Å². The molecule has 1 unspecified atom stereocenters. The van der Waals surface area contributed by atoms with E-state index in [4.69, 9.17) is 16.6 Å². The van der Waals surface area contributed by atoms with Gasteiger partial charge in [0.1, 0.15) is 12.1 Å². The first kappa shape index (κ1) is 17.8. The van der Waals surface area contributed by atoms with Crippen LogP contribution in [0.15, 0.2) is 4.40 Å². The van der Waals surface area contributed by atoms with Gasteiger partial charge in [-0.2, -0.15) is 17.6 Å². The summed E-state index contributed by atoms with van der Waals surface area (Å²) in [4.78, 5) is 10.3. The molecule has 0 rings (SSSR count). The topological polar surface area (TPSA) is 136 Å². The maximum atomic E-state index is 12.0. The number of sulfonamides is 1. The molecule has 0 saturated carbocycles. The lowest BCUT2D eigenvalue weighted by molar-refractivity contribution is -0.147. The second-order valence-corrected chi connectivity index (χ2v) is 5.47. The Balaban J connectivity index is 4.35. The second-order valence-electron chi connectivity index (χ2n) is 3.69. The van der Waals surface area contributed by atoms with Gasteiger partial charge in [0, 0.05) is 12.6 Å². The summed E-state index contributed by atoms with van der Waals surface area (Å²) < 4.78 is 61.5. The lowest BCUT2D eigenvalue weighted by atomic mass is 10.2. The Kier molecular flexibility index (Phi) is 6.39. The van der Waals surface area contributed by atoms with E-state index < -0.39 is 46.4 Å². The molecule has 0 aromatic carbocycles. The van der Waals surface area contributed by atoms with Crippen molar-refractivity contribution in [1.29, 1.82) is 0 Å². The number of nitrogens with zero attached hydrogens (tertiary/aromatic N) is 1. The maximum absolute atomic E-state index is 12.0. The average molecular weight is 305 g/mol. The van der Waals surface area contributed by atoms with Gasteiger partial charge in [-0.05, 0) is 6.42 Å². The Labute approximate surface area is 107 Å². The Bertz CT molecular complexity index is 435. The quantitative estimate of drug-likeness (QED) is 0.541. The molecule has 2 atom stereocenters. The summed E-state index contributed by atoms with van der Waals surface area (Å²) in [5.74, 6) is -2.23. The Morgan fingerprint density at radius 3 is 2.32 bits per heavy atom. The van der Waals surface area contributed by atoms with Crippen LogP contribution in [-0.4, -0.2) is 49.7 Å². The lowest BCUT2D eigenvalue weighted by Gasteiger charge is -2.14.